The maximum absolute atomic E-state index is 11.8. The second kappa shape index (κ2) is 16.0. The van der Waals surface area contributed by atoms with Crippen LogP contribution < -0.4 is 5.32 Å². The first-order valence-corrected chi connectivity index (χ1v) is 16.5. The first kappa shape index (κ1) is 35.5. The SMILES string of the molecule is CC(C)(C)C(O)C(=O)N1CCNCC1.Cc1cn(CC2(O)CCCN(C=O)C2)cn1.Clc1ccc2c(c1)CCc1cccnc1C2. The fourth-order valence-corrected chi connectivity index (χ4v) is 6.20. The normalized spacial score (nSPS) is 20.1. The molecule has 250 valence electrons. The molecule has 1 aromatic carbocycles. The number of hydrogen-bond donors (Lipinski definition) is 3. The van der Waals surface area contributed by atoms with Gasteiger partial charge >= 0.3 is 0 Å². The van der Waals surface area contributed by atoms with Gasteiger partial charge in [0.15, 0.2) is 0 Å². The zero-order valence-electron chi connectivity index (χ0n) is 27.6. The molecule has 0 saturated carbocycles. The lowest BCUT2D eigenvalue weighted by Crippen LogP contribution is -2.52. The van der Waals surface area contributed by atoms with Crippen LogP contribution in [-0.4, -0.2) is 97.8 Å². The number of fused-ring (bicyclic) bond motifs is 2. The number of piperidine rings is 1. The van der Waals surface area contributed by atoms with Crippen LogP contribution in [0.25, 0.3) is 0 Å². The molecule has 4 heterocycles. The molecular weight excluding hydrogens is 604 g/mol. The summed E-state index contributed by atoms with van der Waals surface area (Å²) < 4.78 is 1.88. The monoisotopic (exact) mass is 652 g/mol. The van der Waals surface area contributed by atoms with Gasteiger partial charge in [-0.05, 0) is 72.9 Å². The number of pyridine rings is 1. The number of nitrogens with zero attached hydrogens (tertiary/aromatic N) is 5. The van der Waals surface area contributed by atoms with Gasteiger partial charge in [0.05, 0.1) is 25.1 Å². The van der Waals surface area contributed by atoms with Crippen LogP contribution in [0.15, 0.2) is 49.1 Å². The number of nitrogens with one attached hydrogen (secondary N) is 1. The lowest BCUT2D eigenvalue weighted by Gasteiger charge is -2.37. The molecule has 2 saturated heterocycles. The van der Waals surface area contributed by atoms with Gasteiger partial charge in [0, 0.05) is 62.3 Å². The number of piperazine rings is 1. The molecule has 0 spiro atoms. The molecule has 2 atom stereocenters. The molecule has 0 bridgehead atoms. The van der Waals surface area contributed by atoms with Crippen LogP contribution in [-0.2, 0) is 35.4 Å². The molecule has 10 nitrogen and oxygen atoms in total. The highest BCUT2D eigenvalue weighted by Gasteiger charge is 2.34. The number of likely N-dealkylation sites (tertiary alicyclic amines) is 1. The molecule has 0 radical (unpaired) electrons. The predicted molar refractivity (Wildman–Crippen MR) is 180 cm³/mol. The predicted octanol–water partition coefficient (Wildman–Crippen LogP) is 3.42. The van der Waals surface area contributed by atoms with Crippen LogP contribution >= 0.6 is 11.6 Å². The Kier molecular flexibility index (Phi) is 12.4. The number of aliphatic hydroxyl groups is 2. The highest BCUT2D eigenvalue weighted by Crippen LogP contribution is 2.26. The van der Waals surface area contributed by atoms with Gasteiger partial charge in [0.1, 0.15) is 11.7 Å². The summed E-state index contributed by atoms with van der Waals surface area (Å²) in [7, 11) is 0. The zero-order valence-corrected chi connectivity index (χ0v) is 28.3. The van der Waals surface area contributed by atoms with Gasteiger partial charge in [-0.3, -0.25) is 14.6 Å². The summed E-state index contributed by atoms with van der Waals surface area (Å²) >= 11 is 6.03. The lowest BCUT2D eigenvalue weighted by molar-refractivity contribution is -0.146. The Bertz CT molecular complexity index is 1450. The molecule has 2 amide bonds. The Labute approximate surface area is 277 Å². The minimum absolute atomic E-state index is 0.140. The number of hydrogen-bond acceptors (Lipinski definition) is 7. The Morgan fingerprint density at radius 1 is 1.11 bits per heavy atom. The third-order valence-electron chi connectivity index (χ3n) is 8.63. The van der Waals surface area contributed by atoms with E-state index in [9.17, 15) is 19.8 Å². The highest BCUT2D eigenvalue weighted by molar-refractivity contribution is 6.30. The van der Waals surface area contributed by atoms with Crippen molar-refractivity contribution in [2.45, 2.75) is 78.0 Å². The molecule has 2 aromatic heterocycles. The van der Waals surface area contributed by atoms with Crippen LogP contribution in [0.3, 0.4) is 0 Å². The van der Waals surface area contributed by atoms with Crippen LogP contribution in [0.2, 0.25) is 5.02 Å². The Morgan fingerprint density at radius 2 is 1.85 bits per heavy atom. The molecule has 2 unspecified atom stereocenters. The van der Waals surface area contributed by atoms with Crippen molar-refractivity contribution in [3.63, 3.8) is 0 Å². The molecule has 3 aromatic rings. The Balaban J connectivity index is 0.000000157. The van der Waals surface area contributed by atoms with Gasteiger partial charge in [-0.1, -0.05) is 44.5 Å². The summed E-state index contributed by atoms with van der Waals surface area (Å²) in [4.78, 5) is 34.4. The summed E-state index contributed by atoms with van der Waals surface area (Å²) in [6, 6.07) is 10.4. The number of aromatic nitrogens is 3. The maximum atomic E-state index is 11.8. The Morgan fingerprint density at radius 3 is 2.52 bits per heavy atom. The second-order valence-electron chi connectivity index (χ2n) is 13.6. The summed E-state index contributed by atoms with van der Waals surface area (Å²) in [5.41, 5.74) is 5.06. The molecule has 1 aliphatic carbocycles. The number of rotatable bonds is 4. The quantitative estimate of drug-likeness (QED) is 0.369. The number of carbonyl (C=O) groups is 2. The van der Waals surface area contributed by atoms with Crippen LogP contribution in [0.4, 0.5) is 0 Å². The van der Waals surface area contributed by atoms with E-state index in [1.165, 1.54) is 22.4 Å². The first-order valence-electron chi connectivity index (χ1n) is 16.1. The molecular formula is C35H49ClN6O4. The number of halogens is 1. The van der Waals surface area contributed by atoms with E-state index in [0.29, 0.717) is 26.2 Å². The standard InChI is InChI=1S/C14H12ClN.C11H17N3O2.C10H20N2O2/c15-13-6-5-12-9-14-10(2-1-7-16-14)3-4-11(12)8-13;1-10-5-14(8-12-10)7-11(16)3-2-4-13(6-11)9-15;1-10(2,3)8(13)9(14)12-6-4-11-5-7-12/h1-2,5-8H,3-4,9H2;5,8-9,16H,2-4,6-7H2,1H3;8,11,13H,4-7H2,1-3H3. The fraction of sp³-hybridized carbons (Fsp3) is 0.543. The second-order valence-corrected chi connectivity index (χ2v) is 14.1. The molecule has 2 fully saturated rings. The first-order chi connectivity index (χ1) is 21.9. The highest BCUT2D eigenvalue weighted by atomic mass is 35.5. The molecule has 11 heteroatoms. The van der Waals surface area contributed by atoms with Crippen molar-refractivity contribution in [1.29, 1.82) is 0 Å². The average Bonchev–Trinajstić information content (AvgIpc) is 3.34. The third-order valence-corrected chi connectivity index (χ3v) is 8.87. The van der Waals surface area contributed by atoms with Crippen molar-refractivity contribution < 1.29 is 19.8 Å². The Hall–Kier alpha value is -3.31. The zero-order chi connectivity index (χ0) is 33.3. The molecule has 46 heavy (non-hydrogen) atoms. The van der Waals surface area contributed by atoms with E-state index >= 15 is 0 Å². The van der Waals surface area contributed by atoms with E-state index in [1.807, 2.05) is 56.8 Å². The topological polar surface area (TPSA) is 124 Å². The summed E-state index contributed by atoms with van der Waals surface area (Å²) in [6.07, 6.45) is 10.1. The largest absolute Gasteiger partial charge is 0.386 e. The number of amides is 2. The molecule has 2 aliphatic heterocycles. The van der Waals surface area contributed by atoms with Crippen LogP contribution in [0.1, 0.15) is 61.7 Å². The van der Waals surface area contributed by atoms with Crippen molar-refractivity contribution in [1.82, 2.24) is 29.7 Å². The number of benzene rings is 1. The van der Waals surface area contributed by atoms with E-state index in [0.717, 1.165) is 68.9 Å². The van der Waals surface area contributed by atoms with Crippen molar-refractivity contribution in [3.8, 4) is 0 Å². The van der Waals surface area contributed by atoms with Crippen molar-refractivity contribution >= 4 is 23.9 Å². The van der Waals surface area contributed by atoms with E-state index < -0.39 is 11.7 Å². The molecule has 3 aliphatic rings. The number of imidazole rings is 1. The van der Waals surface area contributed by atoms with E-state index in [1.54, 1.807) is 16.1 Å². The smallest absolute Gasteiger partial charge is 0.252 e. The minimum Gasteiger partial charge on any atom is -0.386 e. The number of aryl methyl sites for hydroxylation is 3. The summed E-state index contributed by atoms with van der Waals surface area (Å²) in [5, 5.41) is 24.2. The lowest BCUT2D eigenvalue weighted by atomic mass is 9.88. The van der Waals surface area contributed by atoms with Gasteiger partial charge in [-0.25, -0.2) is 4.98 Å². The number of carbonyl (C=O) groups excluding carboxylic acids is 2. The maximum Gasteiger partial charge on any atom is 0.252 e. The van der Waals surface area contributed by atoms with Gasteiger partial charge < -0.3 is 29.9 Å². The van der Waals surface area contributed by atoms with Gasteiger partial charge in [0.25, 0.3) is 5.91 Å². The fourth-order valence-electron chi connectivity index (χ4n) is 6.00. The van der Waals surface area contributed by atoms with Gasteiger partial charge in [-0.15, -0.1) is 0 Å². The van der Waals surface area contributed by atoms with E-state index in [2.05, 4.69) is 33.5 Å². The number of aliphatic hydroxyl groups excluding tert-OH is 1. The van der Waals surface area contributed by atoms with Crippen LogP contribution in [0, 0.1) is 12.3 Å². The summed E-state index contributed by atoms with van der Waals surface area (Å²) in [6.45, 7) is 12.2. The summed E-state index contributed by atoms with van der Waals surface area (Å²) in [5.74, 6) is -0.140. The third kappa shape index (κ3) is 10.1. The van der Waals surface area contributed by atoms with Gasteiger partial charge in [0.2, 0.25) is 6.41 Å². The van der Waals surface area contributed by atoms with Crippen molar-refractivity contribution in [2.75, 3.05) is 39.3 Å². The molecule has 3 N–H and O–H groups in total. The average molecular weight is 653 g/mol. The molecule has 6 rings (SSSR count). The minimum atomic E-state index is -0.888. The number of β-amino-alcohol motifs (C(OH)–C–C–N with tert-alkyl or cyclic N) is 1. The van der Waals surface area contributed by atoms with Crippen molar-refractivity contribution in [2.24, 2.45) is 5.41 Å². The van der Waals surface area contributed by atoms with Crippen LogP contribution in [0.5, 0.6) is 0 Å². The van der Waals surface area contributed by atoms with E-state index in [-0.39, 0.29) is 11.3 Å². The van der Waals surface area contributed by atoms with E-state index in [4.69, 9.17) is 11.6 Å². The van der Waals surface area contributed by atoms with Gasteiger partial charge in [-0.2, -0.15) is 0 Å². The van der Waals surface area contributed by atoms with Crippen molar-refractivity contribution in [3.05, 3.63) is 82.2 Å².